The van der Waals surface area contributed by atoms with E-state index in [1.165, 1.54) is 0 Å². The van der Waals surface area contributed by atoms with Crippen LogP contribution in [-0.2, 0) is 0 Å². The number of benzene rings is 3. The molecule has 0 N–H and O–H groups in total. The molecule has 2 heterocycles. The molecule has 0 unspecified atom stereocenters. The summed E-state index contributed by atoms with van der Waals surface area (Å²) in [6.07, 6.45) is 3.56. The maximum Gasteiger partial charge on any atom is 0.164 e. The Bertz CT molecular complexity index is 1270. The van der Waals surface area contributed by atoms with E-state index in [-0.39, 0.29) is 0 Å². The van der Waals surface area contributed by atoms with Gasteiger partial charge in [0.05, 0.1) is 0 Å². The van der Waals surface area contributed by atoms with Crippen LogP contribution in [0.3, 0.4) is 0 Å². The van der Waals surface area contributed by atoms with Crippen LogP contribution in [0.2, 0.25) is 5.02 Å². The first-order valence-electron chi connectivity index (χ1n) is 9.84. The van der Waals surface area contributed by atoms with Crippen LogP contribution in [0.25, 0.3) is 45.3 Å². The highest BCUT2D eigenvalue weighted by Gasteiger charge is 2.13. The first kappa shape index (κ1) is 19.1. The van der Waals surface area contributed by atoms with Crippen LogP contribution >= 0.6 is 11.6 Å². The fraction of sp³-hybridized carbons (Fsp3) is 0. The zero-order chi connectivity index (χ0) is 21.0. The topological polar surface area (TPSA) is 51.6 Å². The second-order valence-electron chi connectivity index (χ2n) is 7.01. The summed E-state index contributed by atoms with van der Waals surface area (Å²) >= 11 is 6.47. The summed E-state index contributed by atoms with van der Waals surface area (Å²) in [7, 11) is 0. The maximum absolute atomic E-state index is 6.47. The molecule has 31 heavy (non-hydrogen) atoms. The lowest BCUT2D eigenvalue weighted by molar-refractivity contribution is 1.07. The van der Waals surface area contributed by atoms with Crippen molar-refractivity contribution in [3.8, 4) is 45.3 Å². The minimum Gasteiger partial charge on any atom is -0.264 e. The van der Waals surface area contributed by atoms with Crippen molar-refractivity contribution in [1.82, 2.24) is 19.9 Å². The molecular formula is C26H17ClN4. The van der Waals surface area contributed by atoms with E-state index in [0.717, 1.165) is 27.8 Å². The smallest absolute Gasteiger partial charge is 0.164 e. The molecule has 0 spiro atoms. The Hall–Kier alpha value is -3.89. The average Bonchev–Trinajstić information content (AvgIpc) is 2.85. The normalized spacial score (nSPS) is 10.7. The van der Waals surface area contributed by atoms with Crippen molar-refractivity contribution in [2.75, 3.05) is 0 Å². The van der Waals surface area contributed by atoms with Gasteiger partial charge in [0.15, 0.2) is 17.5 Å². The fourth-order valence-corrected chi connectivity index (χ4v) is 3.59. The third-order valence-electron chi connectivity index (χ3n) is 4.85. The molecule has 0 aliphatic rings. The Morgan fingerprint density at radius 3 is 1.55 bits per heavy atom. The molecule has 0 bridgehead atoms. The first-order chi connectivity index (χ1) is 15.3. The van der Waals surface area contributed by atoms with Crippen molar-refractivity contribution in [2.45, 2.75) is 0 Å². The van der Waals surface area contributed by atoms with Crippen molar-refractivity contribution >= 4 is 11.6 Å². The van der Waals surface area contributed by atoms with Gasteiger partial charge in [-0.1, -0.05) is 78.3 Å². The van der Waals surface area contributed by atoms with Crippen molar-refractivity contribution in [3.05, 3.63) is 108 Å². The molecule has 0 saturated carbocycles. The van der Waals surface area contributed by atoms with Gasteiger partial charge < -0.3 is 0 Å². The molecule has 4 nitrogen and oxygen atoms in total. The highest BCUT2D eigenvalue weighted by Crippen LogP contribution is 2.30. The molecular weight excluding hydrogens is 404 g/mol. The minimum atomic E-state index is 0.570. The van der Waals surface area contributed by atoms with Gasteiger partial charge in [-0.3, -0.25) is 4.98 Å². The lowest BCUT2D eigenvalue weighted by Crippen LogP contribution is -2.00. The maximum atomic E-state index is 6.47. The van der Waals surface area contributed by atoms with Gasteiger partial charge in [0.1, 0.15) is 0 Å². The van der Waals surface area contributed by atoms with Crippen molar-refractivity contribution < 1.29 is 0 Å². The number of hydrogen-bond donors (Lipinski definition) is 0. The van der Waals surface area contributed by atoms with Crippen LogP contribution in [-0.4, -0.2) is 19.9 Å². The van der Waals surface area contributed by atoms with E-state index in [0.29, 0.717) is 22.5 Å². The highest BCUT2D eigenvalue weighted by atomic mass is 35.5. The summed E-state index contributed by atoms with van der Waals surface area (Å²) in [5.74, 6) is 1.81. The monoisotopic (exact) mass is 420 g/mol. The number of halogens is 1. The largest absolute Gasteiger partial charge is 0.264 e. The summed E-state index contributed by atoms with van der Waals surface area (Å²) in [5.41, 5.74) is 4.62. The van der Waals surface area contributed by atoms with Crippen LogP contribution in [0.15, 0.2) is 103 Å². The van der Waals surface area contributed by atoms with E-state index in [4.69, 9.17) is 26.6 Å². The average molecular weight is 421 g/mol. The lowest BCUT2D eigenvalue weighted by atomic mass is 10.0. The molecule has 148 valence electrons. The molecule has 5 heteroatoms. The molecule has 0 radical (unpaired) electrons. The van der Waals surface area contributed by atoms with Crippen molar-refractivity contribution in [3.63, 3.8) is 0 Å². The molecule has 0 amide bonds. The summed E-state index contributed by atoms with van der Waals surface area (Å²) < 4.78 is 0. The Balaban J connectivity index is 1.70. The Labute approximate surface area is 185 Å². The van der Waals surface area contributed by atoms with Gasteiger partial charge in [0, 0.05) is 39.7 Å². The summed E-state index contributed by atoms with van der Waals surface area (Å²) in [6.45, 7) is 0. The third kappa shape index (κ3) is 4.20. The van der Waals surface area contributed by atoms with Gasteiger partial charge in [-0.15, -0.1) is 0 Å². The van der Waals surface area contributed by atoms with Gasteiger partial charge >= 0.3 is 0 Å². The van der Waals surface area contributed by atoms with E-state index in [1.54, 1.807) is 6.20 Å². The van der Waals surface area contributed by atoms with Crippen LogP contribution in [0, 0.1) is 0 Å². The van der Waals surface area contributed by atoms with Crippen LogP contribution in [0.5, 0.6) is 0 Å². The zero-order valence-electron chi connectivity index (χ0n) is 16.5. The molecule has 3 aromatic carbocycles. The quantitative estimate of drug-likeness (QED) is 0.329. The summed E-state index contributed by atoms with van der Waals surface area (Å²) in [4.78, 5) is 18.5. The van der Waals surface area contributed by atoms with E-state index in [1.807, 2.05) is 97.2 Å². The van der Waals surface area contributed by atoms with Gasteiger partial charge in [0.25, 0.3) is 0 Å². The second kappa shape index (κ2) is 8.46. The minimum absolute atomic E-state index is 0.570. The molecule has 5 rings (SSSR count). The second-order valence-corrected chi connectivity index (χ2v) is 7.44. The molecule has 0 saturated heterocycles. The van der Waals surface area contributed by atoms with E-state index in [2.05, 4.69) is 4.98 Å². The molecule has 2 aromatic heterocycles. The van der Waals surface area contributed by atoms with E-state index >= 15 is 0 Å². The Kier molecular flexibility index (Phi) is 5.21. The van der Waals surface area contributed by atoms with Gasteiger partial charge in [-0.2, -0.15) is 0 Å². The molecule has 0 aliphatic heterocycles. The Morgan fingerprint density at radius 1 is 0.484 bits per heavy atom. The number of nitrogens with zero attached hydrogens (tertiary/aromatic N) is 4. The lowest BCUT2D eigenvalue weighted by Gasteiger charge is -2.10. The number of hydrogen-bond acceptors (Lipinski definition) is 4. The molecule has 0 fully saturated rings. The van der Waals surface area contributed by atoms with Crippen molar-refractivity contribution in [1.29, 1.82) is 0 Å². The fourth-order valence-electron chi connectivity index (χ4n) is 3.36. The molecule has 0 atom stereocenters. The number of rotatable bonds is 4. The first-order valence-corrected chi connectivity index (χ1v) is 10.2. The number of aromatic nitrogens is 4. The summed E-state index contributed by atoms with van der Waals surface area (Å²) in [6, 6.07) is 29.5. The van der Waals surface area contributed by atoms with Gasteiger partial charge in [0.2, 0.25) is 0 Å². The Morgan fingerprint density at radius 2 is 1.00 bits per heavy atom. The number of pyridine rings is 1. The van der Waals surface area contributed by atoms with Crippen molar-refractivity contribution in [2.24, 2.45) is 0 Å². The van der Waals surface area contributed by atoms with Gasteiger partial charge in [-0.25, -0.2) is 15.0 Å². The summed E-state index contributed by atoms with van der Waals surface area (Å²) in [5, 5.41) is 0.610. The van der Waals surface area contributed by atoms with E-state index < -0.39 is 0 Å². The molecule has 0 aliphatic carbocycles. The van der Waals surface area contributed by atoms with Gasteiger partial charge in [-0.05, 0) is 29.8 Å². The third-order valence-corrected chi connectivity index (χ3v) is 5.07. The molecule has 5 aromatic rings. The standard InChI is InChI=1S/C26H17ClN4/c27-23-15-21(20-12-7-13-28-17-20)14-22(16-23)26-30-24(18-8-3-1-4-9-18)29-25(31-26)19-10-5-2-6-11-19/h1-17H. The zero-order valence-corrected chi connectivity index (χ0v) is 17.2. The highest BCUT2D eigenvalue weighted by molar-refractivity contribution is 6.31. The van der Waals surface area contributed by atoms with Crippen LogP contribution < -0.4 is 0 Å². The van der Waals surface area contributed by atoms with Crippen LogP contribution in [0.1, 0.15) is 0 Å². The predicted molar refractivity (Wildman–Crippen MR) is 124 cm³/mol. The van der Waals surface area contributed by atoms with E-state index in [9.17, 15) is 0 Å². The van der Waals surface area contributed by atoms with Crippen LogP contribution in [0.4, 0.5) is 0 Å². The SMILES string of the molecule is Clc1cc(-c2cccnc2)cc(-c2nc(-c3ccccc3)nc(-c3ccccc3)n2)c1. The predicted octanol–water partition coefficient (Wildman–Crippen LogP) is 6.59.